The highest BCUT2D eigenvalue weighted by atomic mass is 32.2. The molecule has 0 saturated carbocycles. The van der Waals surface area contributed by atoms with Crippen LogP contribution in [0.15, 0.2) is 18.2 Å². The fourth-order valence-electron chi connectivity index (χ4n) is 3.59. The summed E-state index contributed by atoms with van der Waals surface area (Å²) in [5, 5.41) is -0.109. The molecule has 24 heavy (non-hydrogen) atoms. The number of benzene rings is 1. The Bertz CT molecular complexity index is 644. The molecular weight excluding hydrogens is 320 g/mol. The molecule has 2 heterocycles. The van der Waals surface area contributed by atoms with E-state index in [-0.39, 0.29) is 22.6 Å². The second-order valence-electron chi connectivity index (χ2n) is 7.14. The van der Waals surface area contributed by atoms with E-state index in [1.807, 2.05) is 0 Å². The van der Waals surface area contributed by atoms with Crippen LogP contribution in [0.3, 0.4) is 0 Å². The van der Waals surface area contributed by atoms with Gasteiger partial charge in [-0.3, -0.25) is 9.59 Å². The normalized spacial score (nSPS) is 24.4. The summed E-state index contributed by atoms with van der Waals surface area (Å²) in [5.41, 5.74) is 3.87. The lowest BCUT2D eigenvalue weighted by molar-refractivity contribution is -0.121. The number of nitrogens with zero attached hydrogens (tertiary/aromatic N) is 2. The number of thioether (sulfide) groups is 1. The third-order valence-electron chi connectivity index (χ3n) is 5.10. The van der Waals surface area contributed by atoms with Crippen molar-refractivity contribution in [3.8, 4) is 0 Å². The van der Waals surface area contributed by atoms with Crippen LogP contribution in [0.25, 0.3) is 0 Å². The van der Waals surface area contributed by atoms with Crippen LogP contribution in [0.2, 0.25) is 0 Å². The predicted octanol–water partition coefficient (Wildman–Crippen LogP) is 2.67. The van der Waals surface area contributed by atoms with Crippen LogP contribution in [0, 0.1) is 6.92 Å². The first-order valence-electron chi connectivity index (χ1n) is 8.67. The number of hydrogen-bond donors (Lipinski definition) is 0. The molecule has 0 N–H and O–H groups in total. The molecule has 1 aromatic rings. The van der Waals surface area contributed by atoms with Gasteiger partial charge in [-0.2, -0.15) is 0 Å². The molecule has 0 bridgehead atoms. The number of ketones is 1. The first-order valence-corrected chi connectivity index (χ1v) is 9.55. The molecule has 4 nitrogen and oxygen atoms in total. The maximum absolute atomic E-state index is 11.9. The Morgan fingerprint density at radius 2 is 2.08 bits per heavy atom. The molecule has 0 aromatic heterocycles. The van der Waals surface area contributed by atoms with Gasteiger partial charge in [-0.1, -0.05) is 23.9 Å². The zero-order valence-corrected chi connectivity index (χ0v) is 15.6. The maximum atomic E-state index is 11.9. The molecule has 2 aliphatic rings. The van der Waals surface area contributed by atoms with Crippen molar-refractivity contribution in [3.63, 3.8) is 0 Å². The van der Waals surface area contributed by atoms with Crippen LogP contribution in [-0.2, 0) is 16.0 Å². The number of anilines is 1. The van der Waals surface area contributed by atoms with Crippen LogP contribution in [-0.4, -0.2) is 54.3 Å². The second kappa shape index (κ2) is 7.28. The van der Waals surface area contributed by atoms with Crippen molar-refractivity contribution in [2.24, 2.45) is 0 Å². The van der Waals surface area contributed by atoms with E-state index < -0.39 is 0 Å². The Labute approximate surface area is 148 Å². The highest BCUT2D eigenvalue weighted by molar-refractivity contribution is 8.15. The van der Waals surface area contributed by atoms with Crippen molar-refractivity contribution in [1.82, 2.24) is 4.90 Å². The number of hydrogen-bond acceptors (Lipinski definition) is 5. The second-order valence-corrected chi connectivity index (χ2v) is 8.40. The van der Waals surface area contributed by atoms with Gasteiger partial charge in [0.2, 0.25) is 0 Å². The van der Waals surface area contributed by atoms with Crippen LogP contribution in [0.5, 0.6) is 0 Å². The standard InChI is InChI=1S/C19H26N2O2S/c1-13-4-5-14(6-7-18-17(22)11-19(23)24-18)16(10-13)21-9-8-15(12-21)20(2)3/h4-5,10,15,18H,6-9,11-12H2,1-3H3/t15-,18?/m0/s1. The van der Waals surface area contributed by atoms with E-state index in [4.69, 9.17) is 0 Å². The number of likely N-dealkylation sites (N-methyl/N-ethyl adjacent to an activating group) is 1. The molecule has 130 valence electrons. The van der Waals surface area contributed by atoms with Gasteiger partial charge in [-0.05, 0) is 57.5 Å². The lowest BCUT2D eigenvalue weighted by Gasteiger charge is -2.25. The number of rotatable bonds is 5. The zero-order valence-electron chi connectivity index (χ0n) is 14.7. The summed E-state index contributed by atoms with van der Waals surface area (Å²) in [6.07, 6.45) is 2.92. The molecule has 3 rings (SSSR count). The summed E-state index contributed by atoms with van der Waals surface area (Å²) in [6, 6.07) is 7.21. The van der Waals surface area contributed by atoms with Gasteiger partial charge >= 0.3 is 0 Å². The predicted molar refractivity (Wildman–Crippen MR) is 99.8 cm³/mol. The lowest BCUT2D eigenvalue weighted by Crippen LogP contribution is -2.31. The fourth-order valence-corrected chi connectivity index (χ4v) is 4.58. The van der Waals surface area contributed by atoms with E-state index in [1.165, 1.54) is 35.0 Å². The van der Waals surface area contributed by atoms with Gasteiger partial charge in [0.15, 0.2) is 10.9 Å². The molecule has 0 radical (unpaired) electrons. The molecular formula is C19H26N2O2S. The summed E-state index contributed by atoms with van der Waals surface area (Å²) < 4.78 is 0. The van der Waals surface area contributed by atoms with Gasteiger partial charge in [-0.25, -0.2) is 0 Å². The van der Waals surface area contributed by atoms with E-state index in [0.29, 0.717) is 6.04 Å². The van der Waals surface area contributed by atoms with Crippen molar-refractivity contribution in [2.75, 3.05) is 32.1 Å². The lowest BCUT2D eigenvalue weighted by atomic mass is 10.0. The average Bonchev–Trinajstić information content (AvgIpc) is 3.13. The zero-order chi connectivity index (χ0) is 17.3. The quantitative estimate of drug-likeness (QED) is 0.767. The minimum absolute atomic E-state index is 0.0301. The molecule has 2 aliphatic heterocycles. The minimum atomic E-state index is -0.139. The number of aryl methyl sites for hydroxylation is 2. The third-order valence-corrected chi connectivity index (χ3v) is 6.29. The largest absolute Gasteiger partial charge is 0.370 e. The maximum Gasteiger partial charge on any atom is 0.197 e. The Balaban J connectivity index is 1.72. The Morgan fingerprint density at radius 1 is 1.29 bits per heavy atom. The molecule has 0 amide bonds. The monoisotopic (exact) mass is 346 g/mol. The van der Waals surface area contributed by atoms with Crippen LogP contribution < -0.4 is 4.90 Å². The minimum Gasteiger partial charge on any atom is -0.370 e. The van der Waals surface area contributed by atoms with E-state index in [2.05, 4.69) is 49.0 Å². The topological polar surface area (TPSA) is 40.6 Å². The summed E-state index contributed by atoms with van der Waals surface area (Å²) in [4.78, 5) is 28.1. The molecule has 2 saturated heterocycles. The SMILES string of the molecule is Cc1ccc(CCC2SC(=O)CC2=O)c(N2CC[C@H](N(C)C)C2)c1. The van der Waals surface area contributed by atoms with Crippen molar-refractivity contribution in [3.05, 3.63) is 29.3 Å². The molecule has 5 heteroatoms. The van der Waals surface area contributed by atoms with Crippen molar-refractivity contribution in [1.29, 1.82) is 0 Å². The van der Waals surface area contributed by atoms with Gasteiger partial charge in [-0.15, -0.1) is 0 Å². The van der Waals surface area contributed by atoms with Gasteiger partial charge in [0.05, 0.1) is 11.7 Å². The van der Waals surface area contributed by atoms with Gasteiger partial charge in [0.1, 0.15) is 0 Å². The molecule has 1 unspecified atom stereocenters. The Morgan fingerprint density at radius 3 is 2.71 bits per heavy atom. The average molecular weight is 346 g/mol. The number of Topliss-reactive ketones (excluding diaryl/α,β-unsaturated/α-hetero) is 1. The summed E-state index contributed by atoms with van der Waals surface area (Å²) in [5.74, 6) is 0.104. The van der Waals surface area contributed by atoms with Gasteiger partial charge < -0.3 is 9.80 Å². The van der Waals surface area contributed by atoms with E-state index in [0.717, 1.165) is 25.9 Å². The first kappa shape index (κ1) is 17.5. The number of carbonyl (C=O) groups is 2. The number of carbonyl (C=O) groups excluding carboxylic acids is 2. The first-order chi connectivity index (χ1) is 11.4. The smallest absolute Gasteiger partial charge is 0.197 e. The van der Waals surface area contributed by atoms with Crippen LogP contribution >= 0.6 is 11.8 Å². The van der Waals surface area contributed by atoms with Gasteiger partial charge in [0.25, 0.3) is 0 Å². The third kappa shape index (κ3) is 3.83. The van der Waals surface area contributed by atoms with Gasteiger partial charge in [0, 0.05) is 24.8 Å². The van der Waals surface area contributed by atoms with Crippen molar-refractivity contribution >= 4 is 28.3 Å². The van der Waals surface area contributed by atoms with E-state index in [1.54, 1.807) is 0 Å². The van der Waals surface area contributed by atoms with E-state index in [9.17, 15) is 9.59 Å². The van der Waals surface area contributed by atoms with Crippen molar-refractivity contribution in [2.45, 2.75) is 43.9 Å². The summed E-state index contributed by atoms with van der Waals surface area (Å²) in [7, 11) is 4.29. The fraction of sp³-hybridized carbons (Fsp3) is 0.579. The highest BCUT2D eigenvalue weighted by Crippen LogP contribution is 2.32. The summed E-state index contributed by atoms with van der Waals surface area (Å²) in [6.45, 7) is 4.26. The Hall–Kier alpha value is -1.33. The molecule has 0 spiro atoms. The highest BCUT2D eigenvalue weighted by Gasteiger charge is 2.32. The molecule has 2 fully saturated rings. The summed E-state index contributed by atoms with van der Waals surface area (Å²) >= 11 is 1.23. The van der Waals surface area contributed by atoms with E-state index >= 15 is 0 Å². The molecule has 0 aliphatic carbocycles. The van der Waals surface area contributed by atoms with Crippen LogP contribution in [0.1, 0.15) is 30.4 Å². The molecule has 2 atom stereocenters. The van der Waals surface area contributed by atoms with Crippen LogP contribution in [0.4, 0.5) is 5.69 Å². The van der Waals surface area contributed by atoms with Crippen molar-refractivity contribution < 1.29 is 9.59 Å². The Kier molecular flexibility index (Phi) is 5.30. The molecule has 1 aromatic carbocycles.